The first kappa shape index (κ1) is 28.9. The first-order valence-corrected chi connectivity index (χ1v) is 13.8. The van der Waals surface area contributed by atoms with E-state index in [9.17, 15) is 22.4 Å². The zero-order valence-corrected chi connectivity index (χ0v) is 22.3. The van der Waals surface area contributed by atoms with Crippen molar-refractivity contribution in [1.29, 1.82) is 0 Å². The predicted molar refractivity (Wildman–Crippen MR) is 138 cm³/mol. The Morgan fingerprint density at radius 1 is 1.09 bits per heavy atom. The molecule has 11 heteroatoms. The Bertz CT molecular complexity index is 1130. The van der Waals surface area contributed by atoms with Gasteiger partial charge in [0.2, 0.25) is 21.8 Å². The van der Waals surface area contributed by atoms with E-state index in [4.69, 9.17) is 23.2 Å². The quantitative estimate of drug-likeness (QED) is 0.394. The molecule has 1 unspecified atom stereocenters. The molecule has 2 aromatic carbocycles. The fraction of sp³-hybridized carbons (Fsp3) is 0.417. The van der Waals surface area contributed by atoms with Crippen LogP contribution in [-0.2, 0) is 26.2 Å². The molecule has 0 saturated heterocycles. The molecule has 2 rings (SSSR count). The van der Waals surface area contributed by atoms with Crippen molar-refractivity contribution in [2.75, 3.05) is 23.7 Å². The summed E-state index contributed by atoms with van der Waals surface area (Å²) in [5, 5.41) is 3.09. The highest BCUT2D eigenvalue weighted by atomic mass is 35.5. The molecule has 0 radical (unpaired) electrons. The fourth-order valence-electron chi connectivity index (χ4n) is 3.47. The molecule has 2 aromatic rings. The van der Waals surface area contributed by atoms with E-state index in [1.807, 2.05) is 6.92 Å². The zero-order valence-electron chi connectivity index (χ0n) is 19.9. The predicted octanol–water partition coefficient (Wildman–Crippen LogP) is 4.62. The van der Waals surface area contributed by atoms with Crippen LogP contribution in [0.4, 0.5) is 10.1 Å². The normalized spacial score (nSPS) is 12.2. The van der Waals surface area contributed by atoms with E-state index in [0.29, 0.717) is 18.0 Å². The molecule has 35 heavy (non-hydrogen) atoms. The van der Waals surface area contributed by atoms with E-state index in [2.05, 4.69) is 5.32 Å². The number of hydrogen-bond acceptors (Lipinski definition) is 4. The lowest BCUT2D eigenvalue weighted by Gasteiger charge is -2.33. The molecule has 0 saturated carbocycles. The highest BCUT2D eigenvalue weighted by molar-refractivity contribution is 7.92. The highest BCUT2D eigenvalue weighted by Gasteiger charge is 2.31. The van der Waals surface area contributed by atoms with Crippen molar-refractivity contribution in [3.05, 3.63) is 63.9 Å². The molecule has 0 fully saturated rings. The fourth-order valence-corrected chi connectivity index (χ4v) is 4.61. The second kappa shape index (κ2) is 13.1. The Hall–Kier alpha value is -2.36. The van der Waals surface area contributed by atoms with Gasteiger partial charge >= 0.3 is 0 Å². The number of rotatable bonds is 12. The summed E-state index contributed by atoms with van der Waals surface area (Å²) in [4.78, 5) is 27.9. The molecule has 1 N–H and O–H groups in total. The number of nitrogens with zero attached hydrogens (tertiary/aromatic N) is 2. The summed E-state index contributed by atoms with van der Waals surface area (Å²) in [6.07, 6.45) is 2.95. The van der Waals surface area contributed by atoms with Gasteiger partial charge in [-0.3, -0.25) is 13.9 Å². The largest absolute Gasteiger partial charge is 0.354 e. The van der Waals surface area contributed by atoms with Gasteiger partial charge in [0.05, 0.1) is 17.0 Å². The van der Waals surface area contributed by atoms with Gasteiger partial charge < -0.3 is 10.2 Å². The van der Waals surface area contributed by atoms with Gasteiger partial charge in [0.1, 0.15) is 18.4 Å². The van der Waals surface area contributed by atoms with E-state index < -0.39 is 34.3 Å². The number of unbranched alkanes of at least 4 members (excludes halogenated alkanes) is 1. The van der Waals surface area contributed by atoms with Gasteiger partial charge in [0.15, 0.2) is 0 Å². The maximum atomic E-state index is 13.7. The summed E-state index contributed by atoms with van der Waals surface area (Å²) in [5.41, 5.74) is 0.762. The van der Waals surface area contributed by atoms with E-state index in [1.54, 1.807) is 31.2 Å². The molecule has 0 aliphatic heterocycles. The summed E-state index contributed by atoms with van der Waals surface area (Å²) in [6.45, 7) is 3.73. The van der Waals surface area contributed by atoms with E-state index in [1.165, 1.54) is 11.0 Å². The van der Waals surface area contributed by atoms with E-state index >= 15 is 0 Å². The summed E-state index contributed by atoms with van der Waals surface area (Å²) in [7, 11) is -3.94. The van der Waals surface area contributed by atoms with Gasteiger partial charge in [-0.2, -0.15) is 0 Å². The van der Waals surface area contributed by atoms with Crippen molar-refractivity contribution in [2.45, 2.75) is 45.7 Å². The van der Waals surface area contributed by atoms with Crippen LogP contribution in [0.5, 0.6) is 0 Å². The van der Waals surface area contributed by atoms with Crippen molar-refractivity contribution in [2.24, 2.45) is 0 Å². The Morgan fingerprint density at radius 3 is 2.29 bits per heavy atom. The monoisotopic (exact) mass is 545 g/mol. The maximum Gasteiger partial charge on any atom is 0.244 e. The van der Waals surface area contributed by atoms with Crippen molar-refractivity contribution in [3.8, 4) is 0 Å². The van der Waals surface area contributed by atoms with Gasteiger partial charge in [0, 0.05) is 18.1 Å². The number of halogens is 3. The van der Waals surface area contributed by atoms with Crippen LogP contribution in [0, 0.1) is 5.82 Å². The molecule has 1 atom stereocenters. The van der Waals surface area contributed by atoms with E-state index in [0.717, 1.165) is 41.1 Å². The molecular weight excluding hydrogens is 516 g/mol. The molecule has 2 amide bonds. The van der Waals surface area contributed by atoms with Crippen LogP contribution in [0.1, 0.15) is 38.7 Å². The zero-order chi connectivity index (χ0) is 26.2. The molecule has 0 spiro atoms. The lowest BCUT2D eigenvalue weighted by molar-refractivity contribution is -0.140. The summed E-state index contributed by atoms with van der Waals surface area (Å²) in [5.74, 6) is -1.63. The topological polar surface area (TPSA) is 86.8 Å². The van der Waals surface area contributed by atoms with Crippen LogP contribution < -0.4 is 9.62 Å². The molecule has 0 aliphatic rings. The maximum absolute atomic E-state index is 13.7. The first-order valence-electron chi connectivity index (χ1n) is 11.2. The minimum absolute atomic E-state index is 0.0409. The van der Waals surface area contributed by atoms with Gasteiger partial charge in [0.25, 0.3) is 0 Å². The lowest BCUT2D eigenvalue weighted by Crippen LogP contribution is -2.52. The summed E-state index contributed by atoms with van der Waals surface area (Å²) in [6, 6.07) is 9.39. The van der Waals surface area contributed by atoms with Crippen LogP contribution >= 0.6 is 23.2 Å². The van der Waals surface area contributed by atoms with Crippen LogP contribution in [0.15, 0.2) is 42.5 Å². The van der Waals surface area contributed by atoms with Crippen LogP contribution in [0.25, 0.3) is 0 Å². The minimum atomic E-state index is -3.94. The van der Waals surface area contributed by atoms with Crippen molar-refractivity contribution in [1.82, 2.24) is 10.2 Å². The number of sulfonamides is 1. The van der Waals surface area contributed by atoms with Crippen molar-refractivity contribution in [3.63, 3.8) is 0 Å². The third kappa shape index (κ3) is 8.37. The number of amides is 2. The van der Waals surface area contributed by atoms with Crippen LogP contribution in [0.2, 0.25) is 10.0 Å². The first-order chi connectivity index (χ1) is 16.5. The average molecular weight is 546 g/mol. The van der Waals surface area contributed by atoms with Gasteiger partial charge in [-0.15, -0.1) is 0 Å². The molecule has 0 heterocycles. The second-order valence-corrected chi connectivity index (χ2v) is 10.8. The number of benzene rings is 2. The van der Waals surface area contributed by atoms with Gasteiger partial charge in [-0.1, -0.05) is 55.6 Å². The molecule has 192 valence electrons. The molecule has 0 aromatic heterocycles. The van der Waals surface area contributed by atoms with Crippen LogP contribution in [-0.4, -0.2) is 50.5 Å². The Kier molecular flexibility index (Phi) is 10.8. The third-order valence-corrected chi connectivity index (χ3v) is 7.03. The Labute approximate surface area is 216 Å². The molecule has 7 nitrogen and oxygen atoms in total. The third-order valence-electron chi connectivity index (χ3n) is 5.35. The van der Waals surface area contributed by atoms with Crippen molar-refractivity contribution < 1.29 is 22.4 Å². The highest BCUT2D eigenvalue weighted by Crippen LogP contribution is 2.25. The van der Waals surface area contributed by atoms with E-state index in [-0.39, 0.29) is 23.2 Å². The number of nitrogens with one attached hydrogen (secondary N) is 1. The Morgan fingerprint density at radius 2 is 1.74 bits per heavy atom. The molecular formula is C24H30Cl2FN3O4S. The number of carbonyl (C=O) groups excluding carboxylic acids is 2. The summed E-state index contributed by atoms with van der Waals surface area (Å²) >= 11 is 11.8. The molecule has 0 aliphatic carbocycles. The van der Waals surface area contributed by atoms with Crippen molar-refractivity contribution >= 4 is 50.7 Å². The number of hydrogen-bond donors (Lipinski definition) is 1. The molecule has 0 bridgehead atoms. The van der Waals surface area contributed by atoms with Gasteiger partial charge in [-0.25, -0.2) is 12.8 Å². The SMILES string of the molecule is CCCCNC(=O)C(CC)N(Cc1ccc(Cl)cc1)C(=O)CN(c1ccc(F)c(Cl)c1)S(C)(=O)=O. The summed E-state index contributed by atoms with van der Waals surface area (Å²) < 4.78 is 39.6. The number of carbonyl (C=O) groups is 2. The smallest absolute Gasteiger partial charge is 0.244 e. The minimum Gasteiger partial charge on any atom is -0.354 e. The van der Waals surface area contributed by atoms with Gasteiger partial charge in [-0.05, 0) is 48.7 Å². The Balaban J connectivity index is 2.41. The second-order valence-electron chi connectivity index (χ2n) is 8.08. The average Bonchev–Trinajstić information content (AvgIpc) is 2.80. The van der Waals surface area contributed by atoms with Crippen LogP contribution in [0.3, 0.4) is 0 Å². The lowest BCUT2D eigenvalue weighted by atomic mass is 10.1. The number of anilines is 1. The standard InChI is InChI=1S/C24H30Cl2FN3O4S/c1-4-6-13-28-24(32)22(5-2)29(15-17-7-9-18(25)10-8-17)23(31)16-30(35(3,33)34)19-11-12-21(27)20(26)14-19/h7-12,14,22H,4-6,13,15-16H2,1-3H3,(H,28,32).